The monoisotopic (exact) mass is 398 g/mol. The first-order chi connectivity index (χ1) is 12.3. The Morgan fingerprint density at radius 3 is 2.38 bits per heavy atom. The maximum absolute atomic E-state index is 12.5. The maximum Gasteiger partial charge on any atom is 0.242 e. The van der Waals surface area contributed by atoms with E-state index < -0.39 is 22.0 Å². The van der Waals surface area contributed by atoms with Crippen molar-refractivity contribution in [2.24, 2.45) is 0 Å². The standard InChI is InChI=1S/C17H19ClN2O5S/c1-11(17(21)19-13-6-4-5-12(18)9-13)20-26(22,23)14-7-8-15(24-2)16(10-14)25-3/h4-11,20H,1-3H3,(H,19,21). The highest BCUT2D eigenvalue weighted by molar-refractivity contribution is 7.89. The fraction of sp³-hybridized carbons (Fsp3) is 0.235. The van der Waals surface area contributed by atoms with E-state index in [1.807, 2.05) is 0 Å². The molecule has 9 heteroatoms. The van der Waals surface area contributed by atoms with Gasteiger partial charge in [-0.15, -0.1) is 0 Å². The van der Waals surface area contributed by atoms with Gasteiger partial charge in [0.2, 0.25) is 15.9 Å². The molecule has 0 radical (unpaired) electrons. The van der Waals surface area contributed by atoms with Gasteiger partial charge in [-0.3, -0.25) is 4.79 Å². The second-order valence-electron chi connectivity index (χ2n) is 5.36. The van der Waals surface area contributed by atoms with Crippen molar-refractivity contribution in [2.45, 2.75) is 17.9 Å². The lowest BCUT2D eigenvalue weighted by molar-refractivity contribution is -0.117. The lowest BCUT2D eigenvalue weighted by Crippen LogP contribution is -2.41. The number of benzene rings is 2. The predicted molar refractivity (Wildman–Crippen MR) is 99.4 cm³/mol. The highest BCUT2D eigenvalue weighted by Gasteiger charge is 2.23. The van der Waals surface area contributed by atoms with Crippen LogP contribution in [0.3, 0.4) is 0 Å². The summed E-state index contributed by atoms with van der Waals surface area (Å²) >= 11 is 5.86. The number of anilines is 1. The van der Waals surface area contributed by atoms with Crippen molar-refractivity contribution < 1.29 is 22.7 Å². The number of methoxy groups -OCH3 is 2. The molecule has 2 rings (SSSR count). The number of nitrogens with one attached hydrogen (secondary N) is 2. The minimum atomic E-state index is -3.94. The molecule has 2 N–H and O–H groups in total. The minimum Gasteiger partial charge on any atom is -0.493 e. The summed E-state index contributed by atoms with van der Waals surface area (Å²) in [6.07, 6.45) is 0. The van der Waals surface area contributed by atoms with Crippen molar-refractivity contribution in [1.82, 2.24) is 4.72 Å². The fourth-order valence-electron chi connectivity index (χ4n) is 2.15. The molecule has 0 aliphatic carbocycles. The van der Waals surface area contributed by atoms with Gasteiger partial charge in [0.05, 0.1) is 25.2 Å². The molecule has 1 atom stereocenters. The second kappa shape index (κ2) is 8.39. The molecule has 2 aromatic rings. The van der Waals surface area contributed by atoms with E-state index in [4.69, 9.17) is 21.1 Å². The van der Waals surface area contributed by atoms with Gasteiger partial charge in [0, 0.05) is 16.8 Å². The van der Waals surface area contributed by atoms with Gasteiger partial charge in [-0.2, -0.15) is 4.72 Å². The van der Waals surface area contributed by atoms with Crippen LogP contribution in [0.25, 0.3) is 0 Å². The van der Waals surface area contributed by atoms with Gasteiger partial charge in [-0.1, -0.05) is 17.7 Å². The Bertz CT molecular complexity index is 902. The van der Waals surface area contributed by atoms with E-state index in [1.165, 1.54) is 39.3 Å². The van der Waals surface area contributed by atoms with Gasteiger partial charge < -0.3 is 14.8 Å². The zero-order chi connectivity index (χ0) is 19.3. The van der Waals surface area contributed by atoms with Crippen LogP contribution in [0, 0.1) is 0 Å². The number of carbonyl (C=O) groups excluding carboxylic acids is 1. The number of carbonyl (C=O) groups is 1. The molecule has 2 aromatic carbocycles. The number of hydrogen-bond donors (Lipinski definition) is 2. The summed E-state index contributed by atoms with van der Waals surface area (Å²) in [5.41, 5.74) is 0.472. The van der Waals surface area contributed by atoms with E-state index in [9.17, 15) is 13.2 Å². The zero-order valence-corrected chi connectivity index (χ0v) is 16.0. The van der Waals surface area contributed by atoms with Crippen molar-refractivity contribution in [3.05, 3.63) is 47.5 Å². The zero-order valence-electron chi connectivity index (χ0n) is 14.4. The van der Waals surface area contributed by atoms with Gasteiger partial charge >= 0.3 is 0 Å². The Morgan fingerprint density at radius 2 is 1.77 bits per heavy atom. The van der Waals surface area contributed by atoms with E-state index in [2.05, 4.69) is 10.0 Å². The van der Waals surface area contributed by atoms with Gasteiger partial charge in [0.15, 0.2) is 11.5 Å². The van der Waals surface area contributed by atoms with E-state index in [0.717, 1.165) is 0 Å². The first-order valence-corrected chi connectivity index (χ1v) is 9.43. The number of hydrogen-bond acceptors (Lipinski definition) is 5. The van der Waals surface area contributed by atoms with Crippen LogP contribution < -0.4 is 19.5 Å². The Hall–Kier alpha value is -2.29. The summed E-state index contributed by atoms with van der Waals surface area (Å²) < 4.78 is 37.5. The summed E-state index contributed by atoms with van der Waals surface area (Å²) in [5.74, 6) is 0.154. The van der Waals surface area contributed by atoms with E-state index >= 15 is 0 Å². The molecule has 26 heavy (non-hydrogen) atoms. The Balaban J connectivity index is 2.14. The van der Waals surface area contributed by atoms with Gasteiger partial charge in [0.25, 0.3) is 0 Å². The number of amides is 1. The lowest BCUT2D eigenvalue weighted by atomic mass is 10.3. The molecule has 0 saturated carbocycles. The van der Waals surface area contributed by atoms with Crippen LogP contribution in [0.2, 0.25) is 5.02 Å². The van der Waals surface area contributed by atoms with Crippen molar-refractivity contribution in [3.8, 4) is 11.5 Å². The summed E-state index contributed by atoms with van der Waals surface area (Å²) in [6.45, 7) is 1.44. The molecule has 0 aliphatic heterocycles. The van der Waals surface area contributed by atoms with Crippen LogP contribution in [-0.2, 0) is 14.8 Å². The van der Waals surface area contributed by atoms with Crippen molar-refractivity contribution in [2.75, 3.05) is 19.5 Å². The molecular formula is C17H19ClN2O5S. The van der Waals surface area contributed by atoms with E-state index in [1.54, 1.807) is 24.3 Å². The average molecular weight is 399 g/mol. The molecule has 0 aliphatic rings. The SMILES string of the molecule is COc1ccc(S(=O)(=O)NC(C)C(=O)Nc2cccc(Cl)c2)cc1OC. The topological polar surface area (TPSA) is 93.7 Å². The third-order valence-corrected chi connectivity index (χ3v) is 5.26. The highest BCUT2D eigenvalue weighted by Crippen LogP contribution is 2.29. The molecule has 0 saturated heterocycles. The molecule has 1 unspecified atom stereocenters. The van der Waals surface area contributed by atoms with E-state index in [0.29, 0.717) is 16.5 Å². The fourth-order valence-corrected chi connectivity index (χ4v) is 3.56. The second-order valence-corrected chi connectivity index (χ2v) is 7.51. The van der Waals surface area contributed by atoms with Crippen molar-refractivity contribution in [3.63, 3.8) is 0 Å². The summed E-state index contributed by atoms with van der Waals surface area (Å²) in [6, 6.07) is 9.72. The number of halogens is 1. The maximum atomic E-state index is 12.5. The third-order valence-electron chi connectivity index (χ3n) is 3.48. The molecule has 140 valence electrons. The first-order valence-electron chi connectivity index (χ1n) is 7.57. The number of ether oxygens (including phenoxy) is 2. The van der Waals surface area contributed by atoms with Crippen LogP contribution in [0.4, 0.5) is 5.69 Å². The predicted octanol–water partition coefficient (Wildman–Crippen LogP) is 2.66. The summed E-state index contributed by atoms with van der Waals surface area (Å²) in [5, 5.41) is 3.06. The Kier molecular flexibility index (Phi) is 6.47. The Morgan fingerprint density at radius 1 is 1.08 bits per heavy atom. The first kappa shape index (κ1) is 20.0. The van der Waals surface area contributed by atoms with Crippen LogP contribution >= 0.6 is 11.6 Å². The quantitative estimate of drug-likeness (QED) is 0.747. The smallest absolute Gasteiger partial charge is 0.242 e. The van der Waals surface area contributed by atoms with Gasteiger partial charge in [-0.05, 0) is 37.3 Å². The van der Waals surface area contributed by atoms with Gasteiger partial charge in [0.1, 0.15) is 0 Å². The highest BCUT2D eigenvalue weighted by atomic mass is 35.5. The van der Waals surface area contributed by atoms with Crippen molar-refractivity contribution in [1.29, 1.82) is 0 Å². The number of sulfonamides is 1. The largest absolute Gasteiger partial charge is 0.493 e. The summed E-state index contributed by atoms with van der Waals surface area (Å²) in [7, 11) is -1.08. The average Bonchev–Trinajstić information content (AvgIpc) is 2.60. The molecule has 0 fully saturated rings. The molecule has 0 heterocycles. The minimum absolute atomic E-state index is 0.0439. The molecule has 0 spiro atoms. The molecule has 7 nitrogen and oxygen atoms in total. The molecule has 0 bridgehead atoms. The van der Waals surface area contributed by atoms with E-state index in [-0.39, 0.29) is 10.6 Å². The molecule has 1 amide bonds. The lowest BCUT2D eigenvalue weighted by Gasteiger charge is -2.15. The van der Waals surface area contributed by atoms with Crippen LogP contribution in [-0.4, -0.2) is 34.6 Å². The molecule has 0 aromatic heterocycles. The Labute approximate surface area is 157 Å². The number of rotatable bonds is 7. The van der Waals surface area contributed by atoms with Crippen LogP contribution in [0.5, 0.6) is 11.5 Å². The summed E-state index contributed by atoms with van der Waals surface area (Å²) in [4.78, 5) is 12.2. The van der Waals surface area contributed by atoms with Crippen molar-refractivity contribution >= 4 is 33.2 Å². The third kappa shape index (κ3) is 4.87. The molecular weight excluding hydrogens is 380 g/mol. The normalized spacial score (nSPS) is 12.3. The van der Waals surface area contributed by atoms with Gasteiger partial charge in [-0.25, -0.2) is 8.42 Å². The van der Waals surface area contributed by atoms with Crippen LogP contribution in [0.1, 0.15) is 6.92 Å². The van der Waals surface area contributed by atoms with Crippen LogP contribution in [0.15, 0.2) is 47.4 Å².